The third-order valence-corrected chi connectivity index (χ3v) is 1.97. The van der Waals surface area contributed by atoms with E-state index in [1.165, 1.54) is 0 Å². The second-order valence-electron chi connectivity index (χ2n) is 2.74. The van der Waals surface area contributed by atoms with Crippen molar-refractivity contribution in [2.75, 3.05) is 6.35 Å². The van der Waals surface area contributed by atoms with Crippen molar-refractivity contribution in [2.24, 2.45) is 0 Å². The first-order valence-corrected chi connectivity index (χ1v) is 5.68. The van der Waals surface area contributed by atoms with Gasteiger partial charge in [-0.15, -0.1) is 0 Å². The number of hydrogen-bond donors (Lipinski definition) is 3. The smallest absolute Gasteiger partial charge is 0.362 e. The van der Waals surface area contributed by atoms with E-state index in [1.54, 1.807) is 24.3 Å². The fourth-order valence-electron chi connectivity index (χ4n) is 0.850. The van der Waals surface area contributed by atoms with Crippen molar-refractivity contribution >= 4 is 7.60 Å². The molecule has 1 aromatic rings. The summed E-state index contributed by atoms with van der Waals surface area (Å²) >= 11 is 0. The Morgan fingerprint density at radius 2 is 1.79 bits per heavy atom. The highest BCUT2D eigenvalue weighted by Gasteiger charge is 2.13. The van der Waals surface area contributed by atoms with Crippen LogP contribution in [0.3, 0.4) is 0 Å². The van der Waals surface area contributed by atoms with Crippen molar-refractivity contribution in [1.29, 1.82) is 0 Å². The van der Waals surface area contributed by atoms with E-state index in [-0.39, 0.29) is 6.61 Å². The molecule has 0 radical (unpaired) electrons. The zero-order valence-electron chi connectivity index (χ0n) is 7.33. The summed E-state index contributed by atoms with van der Waals surface area (Å²) in [6, 6.07) is 6.33. The van der Waals surface area contributed by atoms with Crippen LogP contribution in [0.2, 0.25) is 0 Å². The van der Waals surface area contributed by atoms with E-state index in [4.69, 9.17) is 19.6 Å². The van der Waals surface area contributed by atoms with Gasteiger partial charge >= 0.3 is 7.60 Å². The summed E-state index contributed by atoms with van der Waals surface area (Å²) in [5.41, 5.74) is 0.716. The summed E-state index contributed by atoms with van der Waals surface area (Å²) in [7, 11) is -4.12. The molecule has 0 spiro atoms. The molecular formula is C8H11O5P. The minimum atomic E-state index is -4.12. The summed E-state index contributed by atoms with van der Waals surface area (Å²) in [5, 5.41) is 8.72. The molecule has 0 unspecified atom stereocenters. The first-order chi connectivity index (χ1) is 6.51. The molecular weight excluding hydrogens is 207 g/mol. The maximum absolute atomic E-state index is 10.5. The quantitative estimate of drug-likeness (QED) is 0.647. The Labute approximate surface area is 81.1 Å². The van der Waals surface area contributed by atoms with Crippen molar-refractivity contribution in [3.05, 3.63) is 29.8 Å². The Morgan fingerprint density at radius 3 is 2.21 bits per heavy atom. The average molecular weight is 218 g/mol. The van der Waals surface area contributed by atoms with Gasteiger partial charge in [-0.25, -0.2) is 0 Å². The van der Waals surface area contributed by atoms with Gasteiger partial charge in [0.2, 0.25) is 0 Å². The van der Waals surface area contributed by atoms with E-state index >= 15 is 0 Å². The minimum Gasteiger partial charge on any atom is -0.481 e. The van der Waals surface area contributed by atoms with Gasteiger partial charge in [0.1, 0.15) is 5.75 Å². The Hall–Kier alpha value is -0.870. The van der Waals surface area contributed by atoms with E-state index in [0.29, 0.717) is 11.3 Å². The first kappa shape index (κ1) is 11.2. The van der Waals surface area contributed by atoms with Crippen molar-refractivity contribution in [1.82, 2.24) is 0 Å². The number of aliphatic hydroxyl groups excluding tert-OH is 1. The molecule has 78 valence electrons. The van der Waals surface area contributed by atoms with E-state index < -0.39 is 13.9 Å². The first-order valence-electron chi connectivity index (χ1n) is 3.88. The van der Waals surface area contributed by atoms with Crippen molar-refractivity contribution in [2.45, 2.75) is 6.61 Å². The lowest BCUT2D eigenvalue weighted by Crippen LogP contribution is -1.97. The number of benzene rings is 1. The largest absolute Gasteiger partial charge is 0.481 e. The molecule has 0 aliphatic rings. The molecule has 0 atom stereocenters. The van der Waals surface area contributed by atoms with Gasteiger partial charge in [-0.1, -0.05) is 12.1 Å². The molecule has 6 heteroatoms. The Bertz CT molecular complexity index is 328. The van der Waals surface area contributed by atoms with Gasteiger partial charge in [0.15, 0.2) is 6.35 Å². The SMILES string of the molecule is O=P(O)(O)COc1ccc(CO)cc1. The van der Waals surface area contributed by atoms with Crippen molar-refractivity contribution in [3.63, 3.8) is 0 Å². The van der Waals surface area contributed by atoms with E-state index in [9.17, 15) is 4.57 Å². The lowest BCUT2D eigenvalue weighted by atomic mass is 10.2. The molecule has 0 amide bonds. The molecule has 0 heterocycles. The molecule has 0 saturated carbocycles. The molecule has 0 saturated heterocycles. The molecule has 0 aliphatic carbocycles. The maximum atomic E-state index is 10.5. The van der Waals surface area contributed by atoms with Crippen LogP contribution in [0.4, 0.5) is 0 Å². The maximum Gasteiger partial charge on any atom is 0.362 e. The van der Waals surface area contributed by atoms with E-state index in [0.717, 1.165) is 0 Å². The molecule has 5 nitrogen and oxygen atoms in total. The lowest BCUT2D eigenvalue weighted by Gasteiger charge is -2.07. The minimum absolute atomic E-state index is 0.0707. The van der Waals surface area contributed by atoms with Crippen LogP contribution in [0, 0.1) is 0 Å². The van der Waals surface area contributed by atoms with Gasteiger partial charge < -0.3 is 19.6 Å². The van der Waals surface area contributed by atoms with Crippen LogP contribution in [0.5, 0.6) is 5.75 Å². The molecule has 3 N–H and O–H groups in total. The van der Waals surface area contributed by atoms with Crippen LogP contribution in [0.25, 0.3) is 0 Å². The van der Waals surface area contributed by atoms with Gasteiger partial charge in [-0.2, -0.15) is 0 Å². The van der Waals surface area contributed by atoms with Crippen molar-refractivity contribution in [3.8, 4) is 5.75 Å². The number of rotatable bonds is 4. The van der Waals surface area contributed by atoms with Gasteiger partial charge in [0.05, 0.1) is 6.61 Å². The number of aliphatic hydroxyl groups is 1. The van der Waals surface area contributed by atoms with Gasteiger partial charge in [0.25, 0.3) is 0 Å². The Balaban J connectivity index is 2.56. The predicted octanol–water partition coefficient (Wildman–Crippen LogP) is 0.693. The van der Waals surface area contributed by atoms with Gasteiger partial charge in [0, 0.05) is 0 Å². The third-order valence-electron chi connectivity index (χ3n) is 1.51. The fraction of sp³-hybridized carbons (Fsp3) is 0.250. The van der Waals surface area contributed by atoms with Crippen LogP contribution in [0.1, 0.15) is 5.56 Å². The van der Waals surface area contributed by atoms with Crippen LogP contribution < -0.4 is 4.74 Å². The summed E-state index contributed by atoms with van der Waals surface area (Å²) in [5.74, 6) is 0.366. The highest BCUT2D eigenvalue weighted by Crippen LogP contribution is 2.34. The zero-order chi connectivity index (χ0) is 10.6. The summed E-state index contributed by atoms with van der Waals surface area (Å²) in [4.78, 5) is 17.1. The van der Waals surface area contributed by atoms with Crippen LogP contribution in [0.15, 0.2) is 24.3 Å². The second-order valence-corrected chi connectivity index (χ2v) is 4.33. The second kappa shape index (κ2) is 4.57. The molecule has 0 fully saturated rings. The predicted molar refractivity (Wildman–Crippen MR) is 49.9 cm³/mol. The number of hydrogen-bond acceptors (Lipinski definition) is 3. The third kappa shape index (κ3) is 3.89. The Morgan fingerprint density at radius 1 is 1.21 bits per heavy atom. The summed E-state index contributed by atoms with van der Waals surface area (Å²) < 4.78 is 15.3. The zero-order valence-corrected chi connectivity index (χ0v) is 8.22. The van der Waals surface area contributed by atoms with Gasteiger partial charge in [-0.05, 0) is 17.7 Å². The molecule has 0 bridgehead atoms. The van der Waals surface area contributed by atoms with E-state index in [1.807, 2.05) is 0 Å². The normalized spacial score (nSPS) is 11.4. The molecule has 0 aromatic heterocycles. The summed E-state index contributed by atoms with van der Waals surface area (Å²) in [6.45, 7) is -0.0707. The van der Waals surface area contributed by atoms with Crippen molar-refractivity contribution < 1.29 is 24.2 Å². The Kier molecular flexibility index (Phi) is 3.66. The highest BCUT2D eigenvalue weighted by atomic mass is 31.2. The summed E-state index contributed by atoms with van der Waals surface area (Å²) in [6.07, 6.45) is -0.633. The monoisotopic (exact) mass is 218 g/mol. The van der Waals surface area contributed by atoms with Crippen LogP contribution >= 0.6 is 7.60 Å². The lowest BCUT2D eigenvalue weighted by molar-refractivity contribution is 0.281. The van der Waals surface area contributed by atoms with Crippen LogP contribution in [-0.2, 0) is 11.2 Å². The topological polar surface area (TPSA) is 87.0 Å². The van der Waals surface area contributed by atoms with Gasteiger partial charge in [-0.3, -0.25) is 4.57 Å². The highest BCUT2D eigenvalue weighted by molar-refractivity contribution is 7.51. The fourth-order valence-corrected chi connectivity index (χ4v) is 1.17. The molecule has 14 heavy (non-hydrogen) atoms. The van der Waals surface area contributed by atoms with E-state index in [2.05, 4.69) is 0 Å². The molecule has 1 aromatic carbocycles. The standard InChI is InChI=1S/C8H11O5P/c9-5-7-1-3-8(4-2-7)13-6-14(10,11)12/h1-4,9H,5-6H2,(H2,10,11,12). The van der Waals surface area contributed by atoms with Crippen LogP contribution in [-0.4, -0.2) is 21.2 Å². The average Bonchev–Trinajstić information content (AvgIpc) is 2.14. The molecule has 1 rings (SSSR count). The molecule has 0 aliphatic heterocycles. The number of ether oxygens (including phenoxy) is 1.